The standard InChI is InChI=1S/C17H24N2O4/c1-17(2,11-3-5-13-15(7-11)22-10-21-13)9-19-16(20)14-6-4-12(8-18)23-14/h3,5,7,12,14H,4,6,8-10,18H2,1-2H3,(H,19,20)/t12-,14+/m1/s1. The molecule has 3 N–H and O–H groups in total. The smallest absolute Gasteiger partial charge is 0.249 e. The molecule has 0 bridgehead atoms. The number of hydrogen-bond acceptors (Lipinski definition) is 5. The summed E-state index contributed by atoms with van der Waals surface area (Å²) in [6.07, 6.45) is 1.21. The van der Waals surface area contributed by atoms with E-state index in [1.165, 1.54) is 0 Å². The molecule has 3 rings (SSSR count). The fraction of sp³-hybridized carbons (Fsp3) is 0.588. The lowest BCUT2D eigenvalue weighted by Crippen LogP contribution is -2.42. The van der Waals surface area contributed by atoms with Crippen molar-refractivity contribution in [1.29, 1.82) is 0 Å². The minimum Gasteiger partial charge on any atom is -0.454 e. The summed E-state index contributed by atoms with van der Waals surface area (Å²) in [5.74, 6) is 1.46. The Morgan fingerprint density at radius 1 is 1.30 bits per heavy atom. The van der Waals surface area contributed by atoms with Crippen molar-refractivity contribution in [3.63, 3.8) is 0 Å². The fourth-order valence-electron chi connectivity index (χ4n) is 2.91. The third-order valence-corrected chi connectivity index (χ3v) is 4.52. The third-order valence-electron chi connectivity index (χ3n) is 4.52. The molecule has 126 valence electrons. The first-order valence-corrected chi connectivity index (χ1v) is 8.03. The van der Waals surface area contributed by atoms with Crippen molar-refractivity contribution in [2.45, 2.75) is 44.3 Å². The summed E-state index contributed by atoms with van der Waals surface area (Å²) in [4.78, 5) is 12.3. The lowest BCUT2D eigenvalue weighted by molar-refractivity contribution is -0.132. The number of nitrogens with one attached hydrogen (secondary N) is 1. The van der Waals surface area contributed by atoms with E-state index in [-0.39, 0.29) is 30.3 Å². The SMILES string of the molecule is CC(C)(CNC(=O)[C@@H]1CC[C@H](CN)O1)c1ccc2c(c1)OCO2. The summed E-state index contributed by atoms with van der Waals surface area (Å²) in [5, 5.41) is 3.00. The first-order valence-electron chi connectivity index (χ1n) is 8.03. The van der Waals surface area contributed by atoms with E-state index in [1.807, 2.05) is 18.2 Å². The van der Waals surface area contributed by atoms with E-state index >= 15 is 0 Å². The molecule has 0 spiro atoms. The van der Waals surface area contributed by atoms with Crippen molar-refractivity contribution < 1.29 is 19.0 Å². The summed E-state index contributed by atoms with van der Waals surface area (Å²) < 4.78 is 16.4. The van der Waals surface area contributed by atoms with Crippen LogP contribution in [0, 0.1) is 0 Å². The topological polar surface area (TPSA) is 82.8 Å². The Bertz CT molecular complexity index is 588. The molecule has 2 aliphatic heterocycles. The monoisotopic (exact) mass is 320 g/mol. The van der Waals surface area contributed by atoms with Crippen molar-refractivity contribution in [3.8, 4) is 11.5 Å². The quantitative estimate of drug-likeness (QED) is 0.855. The fourth-order valence-corrected chi connectivity index (χ4v) is 2.91. The van der Waals surface area contributed by atoms with Crippen LogP contribution in [0.5, 0.6) is 11.5 Å². The van der Waals surface area contributed by atoms with Gasteiger partial charge in [-0.05, 0) is 30.5 Å². The average Bonchev–Trinajstić information content (AvgIpc) is 3.20. The van der Waals surface area contributed by atoms with Crippen molar-refractivity contribution in [2.75, 3.05) is 19.9 Å². The molecule has 23 heavy (non-hydrogen) atoms. The summed E-state index contributed by atoms with van der Waals surface area (Å²) in [5.41, 5.74) is 6.45. The Morgan fingerprint density at radius 2 is 2.09 bits per heavy atom. The first-order chi connectivity index (χ1) is 11.0. The van der Waals surface area contributed by atoms with Crippen molar-refractivity contribution in [1.82, 2.24) is 5.32 Å². The van der Waals surface area contributed by atoms with E-state index in [4.69, 9.17) is 19.9 Å². The van der Waals surface area contributed by atoms with Gasteiger partial charge in [-0.2, -0.15) is 0 Å². The zero-order valence-electron chi connectivity index (χ0n) is 13.6. The molecule has 0 saturated carbocycles. The highest BCUT2D eigenvalue weighted by Gasteiger charge is 2.31. The summed E-state index contributed by atoms with van der Waals surface area (Å²) in [7, 11) is 0. The van der Waals surface area contributed by atoms with Crippen LogP contribution in [0.2, 0.25) is 0 Å². The maximum absolute atomic E-state index is 12.3. The normalized spacial score (nSPS) is 23.1. The number of fused-ring (bicyclic) bond motifs is 1. The van der Waals surface area contributed by atoms with Gasteiger partial charge in [-0.1, -0.05) is 19.9 Å². The van der Waals surface area contributed by atoms with Crippen LogP contribution in [0.1, 0.15) is 32.3 Å². The second-order valence-corrected chi connectivity index (χ2v) is 6.73. The maximum Gasteiger partial charge on any atom is 0.249 e. The van der Waals surface area contributed by atoms with Gasteiger partial charge in [0.15, 0.2) is 11.5 Å². The van der Waals surface area contributed by atoms with Crippen LogP contribution < -0.4 is 20.5 Å². The Balaban J connectivity index is 1.59. The second-order valence-electron chi connectivity index (χ2n) is 6.73. The molecule has 6 nitrogen and oxygen atoms in total. The molecule has 0 radical (unpaired) electrons. The van der Waals surface area contributed by atoms with Crippen molar-refractivity contribution >= 4 is 5.91 Å². The van der Waals surface area contributed by atoms with Crippen LogP contribution in [0.3, 0.4) is 0 Å². The van der Waals surface area contributed by atoms with Crippen LogP contribution in [0.25, 0.3) is 0 Å². The molecule has 1 saturated heterocycles. The molecular weight excluding hydrogens is 296 g/mol. The molecule has 6 heteroatoms. The van der Waals surface area contributed by atoms with Crippen LogP contribution in [0.4, 0.5) is 0 Å². The highest BCUT2D eigenvalue weighted by atomic mass is 16.7. The molecule has 1 fully saturated rings. The van der Waals surface area contributed by atoms with Gasteiger partial charge in [0.1, 0.15) is 6.10 Å². The molecule has 0 aromatic heterocycles. The van der Waals surface area contributed by atoms with Gasteiger partial charge in [-0.25, -0.2) is 0 Å². The number of carbonyl (C=O) groups is 1. The van der Waals surface area contributed by atoms with E-state index in [1.54, 1.807) is 0 Å². The molecule has 1 amide bonds. The van der Waals surface area contributed by atoms with Crippen LogP contribution in [0.15, 0.2) is 18.2 Å². The van der Waals surface area contributed by atoms with Gasteiger partial charge in [-0.15, -0.1) is 0 Å². The van der Waals surface area contributed by atoms with Crippen molar-refractivity contribution in [3.05, 3.63) is 23.8 Å². The lowest BCUT2D eigenvalue weighted by Gasteiger charge is -2.26. The zero-order chi connectivity index (χ0) is 16.4. The number of hydrogen-bond donors (Lipinski definition) is 2. The first kappa shape index (κ1) is 16.1. The minimum absolute atomic E-state index is 0.00706. The Morgan fingerprint density at radius 3 is 2.83 bits per heavy atom. The molecule has 2 atom stereocenters. The van der Waals surface area contributed by atoms with Gasteiger partial charge in [0, 0.05) is 18.5 Å². The minimum atomic E-state index is -0.379. The van der Waals surface area contributed by atoms with Crippen LogP contribution in [-0.2, 0) is 14.9 Å². The van der Waals surface area contributed by atoms with E-state index < -0.39 is 0 Å². The predicted molar refractivity (Wildman–Crippen MR) is 85.6 cm³/mol. The van der Waals surface area contributed by atoms with Gasteiger partial charge in [-0.3, -0.25) is 4.79 Å². The number of nitrogens with two attached hydrogens (primary N) is 1. The van der Waals surface area contributed by atoms with E-state index in [9.17, 15) is 4.79 Å². The summed E-state index contributed by atoms with van der Waals surface area (Å²) >= 11 is 0. The third kappa shape index (κ3) is 3.43. The summed E-state index contributed by atoms with van der Waals surface area (Å²) in [6.45, 7) is 5.42. The lowest BCUT2D eigenvalue weighted by atomic mass is 9.84. The number of rotatable bonds is 5. The Hall–Kier alpha value is -1.79. The maximum atomic E-state index is 12.3. The second kappa shape index (κ2) is 6.37. The molecule has 2 aliphatic rings. The molecule has 0 aliphatic carbocycles. The molecule has 1 aromatic rings. The van der Waals surface area contributed by atoms with E-state index in [0.717, 1.165) is 29.9 Å². The summed E-state index contributed by atoms with van der Waals surface area (Å²) in [6, 6.07) is 5.90. The van der Waals surface area contributed by atoms with Gasteiger partial charge in [0.25, 0.3) is 0 Å². The number of amides is 1. The number of ether oxygens (including phenoxy) is 3. The van der Waals surface area contributed by atoms with Gasteiger partial charge in [0.05, 0.1) is 6.10 Å². The van der Waals surface area contributed by atoms with Crippen molar-refractivity contribution in [2.24, 2.45) is 5.73 Å². The zero-order valence-corrected chi connectivity index (χ0v) is 13.6. The Labute approximate surface area is 136 Å². The van der Waals surface area contributed by atoms with Gasteiger partial charge < -0.3 is 25.3 Å². The van der Waals surface area contributed by atoms with Crippen LogP contribution >= 0.6 is 0 Å². The number of carbonyl (C=O) groups excluding carboxylic acids is 1. The molecule has 2 heterocycles. The van der Waals surface area contributed by atoms with E-state index in [2.05, 4.69) is 19.2 Å². The molecule has 1 aromatic carbocycles. The molecule has 0 unspecified atom stereocenters. The highest BCUT2D eigenvalue weighted by Crippen LogP contribution is 2.36. The van der Waals surface area contributed by atoms with Crippen LogP contribution in [-0.4, -0.2) is 38.0 Å². The molecular formula is C17H24N2O4. The number of benzene rings is 1. The largest absolute Gasteiger partial charge is 0.454 e. The van der Waals surface area contributed by atoms with Gasteiger partial charge >= 0.3 is 0 Å². The predicted octanol–water partition coefficient (Wildman–Crippen LogP) is 1.32. The Kier molecular flexibility index (Phi) is 4.46. The average molecular weight is 320 g/mol. The highest BCUT2D eigenvalue weighted by molar-refractivity contribution is 5.81. The van der Waals surface area contributed by atoms with Gasteiger partial charge in [0.2, 0.25) is 12.7 Å². The van der Waals surface area contributed by atoms with E-state index in [0.29, 0.717) is 13.1 Å².